The fraction of sp³-hybridized carbons (Fsp3) is 0.316. The second kappa shape index (κ2) is 6.73. The van der Waals surface area contributed by atoms with Gasteiger partial charge in [0.05, 0.1) is 10.6 Å². The SMILES string of the molecule is Cc1cccc(N2CCN(C(=O)c3ccc(N)cc3Cl)CC2)c1C. The Labute approximate surface area is 147 Å². The van der Waals surface area contributed by atoms with Crippen LogP contribution < -0.4 is 10.6 Å². The molecule has 1 saturated heterocycles. The van der Waals surface area contributed by atoms with Gasteiger partial charge in [0.1, 0.15) is 0 Å². The summed E-state index contributed by atoms with van der Waals surface area (Å²) in [5.41, 5.74) is 10.6. The lowest BCUT2D eigenvalue weighted by Crippen LogP contribution is -2.49. The summed E-state index contributed by atoms with van der Waals surface area (Å²) in [6.45, 7) is 7.29. The molecule has 0 atom stereocenters. The molecule has 1 aliphatic heterocycles. The van der Waals surface area contributed by atoms with Crippen molar-refractivity contribution in [3.63, 3.8) is 0 Å². The Balaban J connectivity index is 1.71. The van der Waals surface area contributed by atoms with Crippen LogP contribution in [0, 0.1) is 13.8 Å². The van der Waals surface area contributed by atoms with Crippen molar-refractivity contribution in [2.45, 2.75) is 13.8 Å². The van der Waals surface area contributed by atoms with Crippen LogP contribution in [0.3, 0.4) is 0 Å². The maximum Gasteiger partial charge on any atom is 0.255 e. The van der Waals surface area contributed by atoms with Gasteiger partial charge in [-0.15, -0.1) is 0 Å². The maximum absolute atomic E-state index is 12.7. The third kappa shape index (κ3) is 3.20. The van der Waals surface area contributed by atoms with Gasteiger partial charge in [0.25, 0.3) is 5.91 Å². The highest BCUT2D eigenvalue weighted by Crippen LogP contribution is 2.25. The zero-order chi connectivity index (χ0) is 17.3. The highest BCUT2D eigenvalue weighted by molar-refractivity contribution is 6.34. The number of carbonyl (C=O) groups is 1. The minimum absolute atomic E-state index is 0.0272. The number of halogens is 1. The number of nitrogen functional groups attached to an aromatic ring is 1. The molecule has 0 aromatic heterocycles. The molecule has 126 valence electrons. The Morgan fingerprint density at radius 1 is 1.08 bits per heavy atom. The van der Waals surface area contributed by atoms with Crippen LogP contribution in [0.25, 0.3) is 0 Å². The first-order chi connectivity index (χ1) is 11.5. The zero-order valence-corrected chi connectivity index (χ0v) is 14.8. The van der Waals surface area contributed by atoms with Crippen molar-refractivity contribution in [2.24, 2.45) is 0 Å². The Morgan fingerprint density at radius 3 is 2.46 bits per heavy atom. The summed E-state index contributed by atoms with van der Waals surface area (Å²) in [6.07, 6.45) is 0. The second-order valence-electron chi connectivity index (χ2n) is 6.24. The van der Waals surface area contributed by atoms with Crippen LogP contribution in [0.15, 0.2) is 36.4 Å². The standard InChI is InChI=1S/C19H22ClN3O/c1-13-4-3-5-18(14(13)2)22-8-10-23(11-9-22)19(24)16-7-6-15(21)12-17(16)20/h3-7,12H,8-11,21H2,1-2H3. The summed E-state index contributed by atoms with van der Waals surface area (Å²) in [5.74, 6) is -0.0272. The number of piperazine rings is 1. The number of anilines is 2. The topological polar surface area (TPSA) is 49.6 Å². The first-order valence-corrected chi connectivity index (χ1v) is 8.50. The monoisotopic (exact) mass is 343 g/mol. The Morgan fingerprint density at radius 2 is 1.79 bits per heavy atom. The molecule has 4 nitrogen and oxygen atoms in total. The molecule has 0 saturated carbocycles. The molecule has 3 rings (SSSR count). The molecule has 24 heavy (non-hydrogen) atoms. The van der Waals surface area contributed by atoms with Crippen LogP contribution in [0.5, 0.6) is 0 Å². The molecule has 0 spiro atoms. The number of nitrogens with zero attached hydrogens (tertiary/aromatic N) is 2. The van der Waals surface area contributed by atoms with Crippen LogP contribution in [-0.2, 0) is 0 Å². The Bertz CT molecular complexity index is 767. The predicted octanol–water partition coefficient (Wildman–Crippen LogP) is 3.50. The van der Waals surface area contributed by atoms with E-state index in [2.05, 4.69) is 36.9 Å². The molecule has 2 aromatic rings. The first-order valence-electron chi connectivity index (χ1n) is 8.13. The molecule has 2 aromatic carbocycles. The summed E-state index contributed by atoms with van der Waals surface area (Å²) in [5, 5.41) is 0.414. The van der Waals surface area contributed by atoms with Gasteiger partial charge in [-0.05, 0) is 49.2 Å². The van der Waals surface area contributed by atoms with E-state index in [1.165, 1.54) is 16.8 Å². The predicted molar refractivity (Wildman–Crippen MR) is 99.9 cm³/mol. The molecule has 5 heteroatoms. The van der Waals surface area contributed by atoms with Crippen LogP contribution in [-0.4, -0.2) is 37.0 Å². The molecule has 0 radical (unpaired) electrons. The highest BCUT2D eigenvalue weighted by Gasteiger charge is 2.24. The summed E-state index contributed by atoms with van der Waals surface area (Å²) in [7, 11) is 0. The fourth-order valence-corrected chi connectivity index (χ4v) is 3.37. The minimum Gasteiger partial charge on any atom is -0.399 e. The van der Waals surface area contributed by atoms with Gasteiger partial charge < -0.3 is 15.5 Å². The van der Waals surface area contributed by atoms with Crippen molar-refractivity contribution in [3.8, 4) is 0 Å². The van der Waals surface area contributed by atoms with Gasteiger partial charge in [0.2, 0.25) is 0 Å². The lowest BCUT2D eigenvalue weighted by Gasteiger charge is -2.37. The molecule has 0 unspecified atom stereocenters. The van der Waals surface area contributed by atoms with Gasteiger partial charge in [-0.1, -0.05) is 23.7 Å². The molecule has 1 amide bonds. The Hall–Kier alpha value is -2.20. The van der Waals surface area contributed by atoms with Crippen molar-refractivity contribution < 1.29 is 4.79 Å². The molecule has 2 N–H and O–H groups in total. The van der Waals surface area contributed by atoms with E-state index < -0.39 is 0 Å². The largest absolute Gasteiger partial charge is 0.399 e. The first kappa shape index (κ1) is 16.7. The third-order valence-electron chi connectivity index (χ3n) is 4.71. The number of hydrogen-bond donors (Lipinski definition) is 1. The second-order valence-corrected chi connectivity index (χ2v) is 6.64. The number of aryl methyl sites for hydroxylation is 1. The molecule has 1 aliphatic rings. The smallest absolute Gasteiger partial charge is 0.255 e. The Kier molecular flexibility index (Phi) is 4.67. The lowest BCUT2D eigenvalue weighted by atomic mass is 10.1. The minimum atomic E-state index is -0.0272. The van der Waals surface area contributed by atoms with E-state index in [1.54, 1.807) is 18.2 Å². The number of amides is 1. The van der Waals surface area contributed by atoms with Gasteiger partial charge in [-0.25, -0.2) is 0 Å². The number of rotatable bonds is 2. The normalized spacial score (nSPS) is 14.8. The van der Waals surface area contributed by atoms with Gasteiger partial charge in [0.15, 0.2) is 0 Å². The summed E-state index contributed by atoms with van der Waals surface area (Å²) < 4.78 is 0. The van der Waals surface area contributed by atoms with E-state index in [1.807, 2.05) is 4.90 Å². The van der Waals surface area contributed by atoms with E-state index in [0.29, 0.717) is 29.4 Å². The summed E-state index contributed by atoms with van der Waals surface area (Å²) in [6, 6.07) is 11.4. The van der Waals surface area contributed by atoms with Crippen molar-refractivity contribution in [1.82, 2.24) is 4.90 Å². The quantitative estimate of drug-likeness (QED) is 0.849. The van der Waals surface area contributed by atoms with Gasteiger partial charge in [0, 0.05) is 37.6 Å². The molecular weight excluding hydrogens is 322 g/mol. The van der Waals surface area contributed by atoms with Crippen LogP contribution >= 0.6 is 11.6 Å². The third-order valence-corrected chi connectivity index (χ3v) is 5.02. The number of benzene rings is 2. The van der Waals surface area contributed by atoms with E-state index >= 15 is 0 Å². The van der Waals surface area contributed by atoms with Crippen molar-refractivity contribution in [2.75, 3.05) is 36.8 Å². The molecule has 0 bridgehead atoms. The number of nitrogens with two attached hydrogens (primary N) is 1. The molecular formula is C19H22ClN3O. The van der Waals surface area contributed by atoms with Crippen molar-refractivity contribution in [1.29, 1.82) is 0 Å². The van der Waals surface area contributed by atoms with Crippen LogP contribution in [0.4, 0.5) is 11.4 Å². The van der Waals surface area contributed by atoms with Gasteiger partial charge >= 0.3 is 0 Å². The summed E-state index contributed by atoms with van der Waals surface area (Å²) >= 11 is 6.17. The maximum atomic E-state index is 12.7. The van der Waals surface area contributed by atoms with Gasteiger partial charge in [-0.3, -0.25) is 4.79 Å². The lowest BCUT2D eigenvalue weighted by molar-refractivity contribution is 0.0747. The fourth-order valence-electron chi connectivity index (χ4n) is 3.10. The van der Waals surface area contributed by atoms with Crippen LogP contribution in [0.1, 0.15) is 21.5 Å². The highest BCUT2D eigenvalue weighted by atomic mass is 35.5. The van der Waals surface area contributed by atoms with Crippen LogP contribution in [0.2, 0.25) is 5.02 Å². The van der Waals surface area contributed by atoms with Crippen molar-refractivity contribution in [3.05, 3.63) is 58.1 Å². The molecule has 0 aliphatic carbocycles. The van der Waals surface area contributed by atoms with E-state index in [4.69, 9.17) is 17.3 Å². The molecule has 1 heterocycles. The van der Waals surface area contributed by atoms with Gasteiger partial charge in [-0.2, -0.15) is 0 Å². The zero-order valence-electron chi connectivity index (χ0n) is 14.1. The van der Waals surface area contributed by atoms with E-state index in [0.717, 1.165) is 13.1 Å². The number of carbonyl (C=O) groups excluding carboxylic acids is 1. The van der Waals surface area contributed by atoms with E-state index in [9.17, 15) is 4.79 Å². The average Bonchev–Trinajstić information content (AvgIpc) is 2.57. The average molecular weight is 344 g/mol. The molecule has 1 fully saturated rings. The number of hydrogen-bond acceptors (Lipinski definition) is 3. The summed E-state index contributed by atoms with van der Waals surface area (Å²) in [4.78, 5) is 16.9. The van der Waals surface area contributed by atoms with E-state index in [-0.39, 0.29) is 5.91 Å². The van der Waals surface area contributed by atoms with Crippen molar-refractivity contribution >= 4 is 28.9 Å².